The maximum absolute atomic E-state index is 11.2. The van der Waals surface area contributed by atoms with Crippen molar-refractivity contribution < 1.29 is 4.79 Å². The number of carbonyl (C=O) groups is 1. The van der Waals surface area contributed by atoms with Crippen molar-refractivity contribution in [1.82, 2.24) is 5.32 Å². The van der Waals surface area contributed by atoms with Gasteiger partial charge < -0.3 is 16.8 Å². The fraction of sp³-hybridized carbons (Fsp3) is 0.385. The van der Waals surface area contributed by atoms with Crippen LogP contribution < -0.4 is 16.8 Å². The highest BCUT2D eigenvalue weighted by Crippen LogP contribution is 2.34. The molecule has 2 amide bonds. The average Bonchev–Trinajstić information content (AvgIpc) is 2.30. The summed E-state index contributed by atoms with van der Waals surface area (Å²) in [6.07, 6.45) is 0. The summed E-state index contributed by atoms with van der Waals surface area (Å²) in [5.74, 6) is -0.0854. The first-order valence-corrected chi connectivity index (χ1v) is 6.69. The van der Waals surface area contributed by atoms with Crippen LogP contribution in [0.3, 0.4) is 0 Å². The zero-order valence-electron chi connectivity index (χ0n) is 11.6. The number of primary amides is 1. The van der Waals surface area contributed by atoms with E-state index >= 15 is 0 Å². The number of carbonyl (C=O) groups excluding carboxylic acids is 1. The molecule has 0 aliphatic rings. The number of amidine groups is 1. The second-order valence-corrected chi connectivity index (χ2v) is 5.80. The number of nitrogens with two attached hydrogens (primary N) is 2. The van der Waals surface area contributed by atoms with Gasteiger partial charge >= 0.3 is 6.03 Å². The topological polar surface area (TPSA) is 93.5 Å². The molecule has 20 heavy (non-hydrogen) atoms. The summed E-state index contributed by atoms with van der Waals surface area (Å²) >= 11 is 12.1. The number of hydrogen-bond acceptors (Lipinski definition) is 2. The number of nitrogens with one attached hydrogen (secondary N) is 1. The summed E-state index contributed by atoms with van der Waals surface area (Å²) in [5.41, 5.74) is 11.2. The van der Waals surface area contributed by atoms with E-state index in [4.69, 9.17) is 34.7 Å². The minimum Gasteiger partial charge on any atom is -0.387 e. The Bertz CT molecular complexity index is 543. The highest BCUT2D eigenvalue weighted by atomic mass is 35.5. The lowest BCUT2D eigenvalue weighted by molar-refractivity contribution is 0.236. The molecular formula is C13H18Cl2N4O. The number of aliphatic imine (C=N–C) groups is 1. The molecule has 0 spiro atoms. The zero-order chi connectivity index (χ0) is 15.5. The van der Waals surface area contributed by atoms with Gasteiger partial charge in [-0.15, -0.1) is 0 Å². The van der Waals surface area contributed by atoms with E-state index in [0.717, 1.165) is 5.56 Å². The number of benzene rings is 1. The van der Waals surface area contributed by atoms with Gasteiger partial charge in [-0.05, 0) is 31.5 Å². The van der Waals surface area contributed by atoms with Crippen LogP contribution >= 0.6 is 23.2 Å². The zero-order valence-corrected chi connectivity index (χ0v) is 13.1. The molecule has 0 saturated carbocycles. The van der Waals surface area contributed by atoms with Crippen molar-refractivity contribution in [3.63, 3.8) is 0 Å². The van der Waals surface area contributed by atoms with Gasteiger partial charge in [0.05, 0.1) is 11.5 Å². The monoisotopic (exact) mass is 316 g/mol. The van der Waals surface area contributed by atoms with E-state index in [2.05, 4.69) is 10.3 Å². The fourth-order valence-electron chi connectivity index (χ4n) is 2.17. The third kappa shape index (κ3) is 3.77. The van der Waals surface area contributed by atoms with Crippen LogP contribution in [0.2, 0.25) is 10.0 Å². The summed E-state index contributed by atoms with van der Waals surface area (Å²) in [6, 6.07) is 4.44. The van der Waals surface area contributed by atoms with Crippen LogP contribution in [-0.4, -0.2) is 24.5 Å². The molecule has 0 aliphatic heterocycles. The van der Waals surface area contributed by atoms with Crippen LogP contribution in [0.15, 0.2) is 23.2 Å². The Morgan fingerprint density at radius 1 is 1.35 bits per heavy atom. The van der Waals surface area contributed by atoms with Crippen molar-refractivity contribution in [3.8, 4) is 0 Å². The van der Waals surface area contributed by atoms with Crippen molar-refractivity contribution in [2.75, 3.05) is 7.05 Å². The number of rotatable bonds is 4. The lowest BCUT2D eigenvalue weighted by Gasteiger charge is -2.35. The highest BCUT2D eigenvalue weighted by molar-refractivity contribution is 6.35. The molecule has 1 unspecified atom stereocenters. The van der Waals surface area contributed by atoms with E-state index in [1.807, 2.05) is 0 Å². The Morgan fingerprint density at radius 3 is 2.40 bits per heavy atom. The summed E-state index contributed by atoms with van der Waals surface area (Å²) in [6.45, 7) is 3.59. The molecule has 1 aromatic rings. The van der Waals surface area contributed by atoms with Gasteiger partial charge in [-0.25, -0.2) is 4.79 Å². The first kappa shape index (κ1) is 16.6. The third-order valence-electron chi connectivity index (χ3n) is 2.99. The first-order chi connectivity index (χ1) is 9.19. The molecule has 0 fully saturated rings. The van der Waals surface area contributed by atoms with Crippen LogP contribution in [-0.2, 0) is 0 Å². The van der Waals surface area contributed by atoms with Gasteiger partial charge in [0, 0.05) is 17.1 Å². The van der Waals surface area contributed by atoms with E-state index in [1.54, 1.807) is 39.1 Å². The Kier molecular flexibility index (Phi) is 5.25. The summed E-state index contributed by atoms with van der Waals surface area (Å²) in [4.78, 5) is 15.2. The molecule has 0 aliphatic carbocycles. The fourth-order valence-corrected chi connectivity index (χ4v) is 2.69. The van der Waals surface area contributed by atoms with Crippen molar-refractivity contribution in [1.29, 1.82) is 0 Å². The molecule has 1 aromatic carbocycles. The molecule has 0 aromatic heterocycles. The van der Waals surface area contributed by atoms with E-state index < -0.39 is 17.5 Å². The van der Waals surface area contributed by atoms with Crippen molar-refractivity contribution in [2.24, 2.45) is 16.5 Å². The number of nitrogens with zero attached hydrogens (tertiary/aromatic N) is 1. The smallest absolute Gasteiger partial charge is 0.312 e. The Morgan fingerprint density at radius 2 is 1.95 bits per heavy atom. The lowest BCUT2D eigenvalue weighted by Crippen LogP contribution is -2.53. The van der Waals surface area contributed by atoms with Crippen LogP contribution in [0.5, 0.6) is 0 Å². The predicted molar refractivity (Wildman–Crippen MR) is 83.5 cm³/mol. The van der Waals surface area contributed by atoms with Crippen molar-refractivity contribution in [3.05, 3.63) is 33.8 Å². The summed E-state index contributed by atoms with van der Waals surface area (Å²) in [7, 11) is 1.58. The van der Waals surface area contributed by atoms with Crippen LogP contribution in [0.4, 0.5) is 4.79 Å². The minimum absolute atomic E-state index is 0.341. The predicted octanol–water partition coefficient (Wildman–Crippen LogP) is 2.51. The molecule has 0 saturated heterocycles. The van der Waals surface area contributed by atoms with Gasteiger partial charge in [-0.1, -0.05) is 29.3 Å². The van der Waals surface area contributed by atoms with Crippen molar-refractivity contribution >= 4 is 35.1 Å². The Balaban J connectivity index is 3.36. The van der Waals surface area contributed by atoms with Gasteiger partial charge in [0.1, 0.15) is 5.84 Å². The van der Waals surface area contributed by atoms with Gasteiger partial charge in [0.2, 0.25) is 0 Å². The van der Waals surface area contributed by atoms with Gasteiger partial charge in [-0.3, -0.25) is 4.99 Å². The van der Waals surface area contributed by atoms with Gasteiger partial charge in [0.25, 0.3) is 0 Å². The molecule has 0 radical (unpaired) electrons. The lowest BCUT2D eigenvalue weighted by atomic mass is 9.81. The Labute approximate surface area is 128 Å². The normalized spacial score (nSPS) is 13.9. The molecule has 5 N–H and O–H groups in total. The molecule has 0 bridgehead atoms. The average molecular weight is 317 g/mol. The van der Waals surface area contributed by atoms with Crippen LogP contribution in [0, 0.1) is 0 Å². The second-order valence-electron chi connectivity index (χ2n) is 4.96. The quantitative estimate of drug-likeness (QED) is 0.588. The number of hydrogen-bond donors (Lipinski definition) is 3. The molecule has 1 atom stereocenters. The third-order valence-corrected chi connectivity index (χ3v) is 3.56. The molecule has 110 valence electrons. The van der Waals surface area contributed by atoms with E-state index in [0.29, 0.717) is 15.9 Å². The maximum atomic E-state index is 11.2. The number of urea groups is 1. The number of amides is 2. The second kappa shape index (κ2) is 6.33. The van der Waals surface area contributed by atoms with Crippen LogP contribution in [0.1, 0.15) is 25.3 Å². The van der Waals surface area contributed by atoms with Crippen LogP contribution in [0.25, 0.3) is 0 Å². The van der Waals surface area contributed by atoms with Crippen molar-refractivity contribution in [2.45, 2.75) is 25.3 Å². The van der Waals surface area contributed by atoms with Gasteiger partial charge in [-0.2, -0.15) is 0 Å². The molecule has 1 rings (SSSR count). The van der Waals surface area contributed by atoms with E-state index in [9.17, 15) is 4.79 Å². The summed E-state index contributed by atoms with van der Waals surface area (Å²) in [5, 5.41) is 3.63. The summed E-state index contributed by atoms with van der Waals surface area (Å²) < 4.78 is 0. The number of halogens is 2. The molecule has 5 nitrogen and oxygen atoms in total. The molecular weight excluding hydrogens is 299 g/mol. The largest absolute Gasteiger partial charge is 0.387 e. The SMILES string of the molecule is CN=C(N)C(c1ccc(Cl)cc1Cl)C(C)(C)NC(N)=O. The van der Waals surface area contributed by atoms with E-state index in [1.165, 1.54) is 0 Å². The molecule has 7 heteroatoms. The molecule has 0 heterocycles. The first-order valence-electron chi connectivity index (χ1n) is 5.93. The van der Waals surface area contributed by atoms with E-state index in [-0.39, 0.29) is 0 Å². The van der Waals surface area contributed by atoms with Gasteiger partial charge in [0.15, 0.2) is 0 Å². The standard InChI is InChI=1S/C13H18Cl2N4O/c1-13(2,19-12(17)20)10(11(16)18-3)8-5-4-7(14)6-9(8)15/h4-6,10H,1-3H3,(H2,16,18)(H3,17,19,20). The maximum Gasteiger partial charge on any atom is 0.312 e. The Hall–Kier alpha value is -1.46. The minimum atomic E-state index is -0.757. The highest BCUT2D eigenvalue weighted by Gasteiger charge is 2.36.